The number of carboxylic acids is 1. The Morgan fingerprint density at radius 2 is 0.835 bits per heavy atom. The van der Waals surface area contributed by atoms with Gasteiger partial charge < -0.3 is 39.0 Å². The number of ether oxygens (including phenoxy) is 5. The highest BCUT2D eigenvalue weighted by atomic mass is 16.7. The molecule has 1 fully saturated rings. The second-order valence-electron chi connectivity index (χ2n) is 21.3. The van der Waals surface area contributed by atoms with E-state index in [1.807, 2.05) is 12.2 Å². The summed E-state index contributed by atoms with van der Waals surface area (Å²) >= 11 is 0. The SMILES string of the molecule is CC/C=C\C/C=C\C/C=C\C/C=C\C/C=C\CC(=O)OC(COC(=O)CCCCCCCCC/C=C\C/C=C\CCCCC)COC1OC(C(=O)O)C(O)C(O)C1OC(=O)CCCCCCCCCCCCCCCCCCC. The molecule has 12 heteroatoms. The van der Waals surface area contributed by atoms with Crippen LogP contribution >= 0.6 is 0 Å². The van der Waals surface area contributed by atoms with Crippen molar-refractivity contribution < 1.29 is 58.2 Å². The average molecular weight is 1110 g/mol. The van der Waals surface area contributed by atoms with Crippen molar-refractivity contribution in [3.05, 3.63) is 85.1 Å². The van der Waals surface area contributed by atoms with Crippen LogP contribution in [0.2, 0.25) is 0 Å². The minimum atomic E-state index is -1.92. The zero-order chi connectivity index (χ0) is 57.5. The lowest BCUT2D eigenvalue weighted by Crippen LogP contribution is -2.61. The van der Waals surface area contributed by atoms with Crippen LogP contribution in [0.5, 0.6) is 0 Å². The highest BCUT2D eigenvalue weighted by Crippen LogP contribution is 2.26. The third-order valence-corrected chi connectivity index (χ3v) is 14.0. The summed E-state index contributed by atoms with van der Waals surface area (Å²) in [6.45, 7) is 5.79. The number of unbranched alkanes of at least 4 members (excludes halogenated alkanes) is 26. The van der Waals surface area contributed by atoms with E-state index in [0.717, 1.165) is 89.9 Å². The van der Waals surface area contributed by atoms with E-state index in [1.54, 1.807) is 6.08 Å². The van der Waals surface area contributed by atoms with E-state index in [1.165, 1.54) is 116 Å². The Morgan fingerprint density at radius 3 is 1.30 bits per heavy atom. The van der Waals surface area contributed by atoms with E-state index >= 15 is 0 Å². The van der Waals surface area contributed by atoms with Gasteiger partial charge in [-0.15, -0.1) is 0 Å². The molecule has 0 aromatic rings. The van der Waals surface area contributed by atoms with Crippen LogP contribution < -0.4 is 0 Å². The predicted molar refractivity (Wildman–Crippen MR) is 321 cm³/mol. The van der Waals surface area contributed by atoms with Gasteiger partial charge in [0, 0.05) is 12.8 Å². The Morgan fingerprint density at radius 1 is 0.443 bits per heavy atom. The number of hydrogen-bond acceptors (Lipinski definition) is 11. The van der Waals surface area contributed by atoms with Gasteiger partial charge in [-0.2, -0.15) is 0 Å². The number of esters is 3. The molecule has 452 valence electrons. The minimum Gasteiger partial charge on any atom is -0.479 e. The van der Waals surface area contributed by atoms with E-state index in [9.17, 15) is 34.5 Å². The Kier molecular flexibility index (Phi) is 50.3. The summed E-state index contributed by atoms with van der Waals surface area (Å²) in [6, 6.07) is 0. The fourth-order valence-electron chi connectivity index (χ4n) is 9.18. The molecule has 0 spiro atoms. The van der Waals surface area contributed by atoms with Crippen LogP contribution in [-0.2, 0) is 42.9 Å². The molecule has 79 heavy (non-hydrogen) atoms. The lowest BCUT2D eigenvalue weighted by molar-refractivity contribution is -0.301. The summed E-state index contributed by atoms with van der Waals surface area (Å²) < 4.78 is 28.4. The Hall–Kier alpha value is -4.10. The van der Waals surface area contributed by atoms with E-state index < -0.39 is 67.3 Å². The molecule has 1 saturated heterocycles. The van der Waals surface area contributed by atoms with Gasteiger partial charge in [0.15, 0.2) is 24.6 Å². The van der Waals surface area contributed by atoms with Crippen molar-refractivity contribution in [3.63, 3.8) is 0 Å². The molecular weight excluding hydrogens is 997 g/mol. The second kappa shape index (κ2) is 54.5. The Labute approximate surface area is 480 Å². The first-order valence-corrected chi connectivity index (χ1v) is 31.6. The van der Waals surface area contributed by atoms with Crippen molar-refractivity contribution in [2.45, 2.75) is 302 Å². The van der Waals surface area contributed by atoms with Gasteiger partial charge in [-0.25, -0.2) is 4.79 Å². The lowest BCUT2D eigenvalue weighted by atomic mass is 9.98. The minimum absolute atomic E-state index is 0.0502. The highest BCUT2D eigenvalue weighted by molar-refractivity contribution is 5.74. The van der Waals surface area contributed by atoms with Crippen LogP contribution in [0.25, 0.3) is 0 Å². The van der Waals surface area contributed by atoms with E-state index in [-0.39, 0.29) is 25.9 Å². The summed E-state index contributed by atoms with van der Waals surface area (Å²) in [4.78, 5) is 51.2. The maximum Gasteiger partial charge on any atom is 0.335 e. The lowest BCUT2D eigenvalue weighted by Gasteiger charge is -2.40. The molecule has 0 aliphatic carbocycles. The normalized spacial score (nSPS) is 18.4. The van der Waals surface area contributed by atoms with E-state index in [0.29, 0.717) is 19.3 Å². The maximum atomic E-state index is 13.1. The maximum absolute atomic E-state index is 13.1. The first-order chi connectivity index (χ1) is 38.6. The van der Waals surface area contributed by atoms with Gasteiger partial charge in [-0.3, -0.25) is 14.4 Å². The van der Waals surface area contributed by atoms with Gasteiger partial charge in [0.25, 0.3) is 0 Å². The molecule has 0 radical (unpaired) electrons. The Bertz CT molecular complexity index is 1700. The van der Waals surface area contributed by atoms with Gasteiger partial charge >= 0.3 is 23.9 Å². The van der Waals surface area contributed by atoms with Crippen LogP contribution in [0.3, 0.4) is 0 Å². The first kappa shape index (κ1) is 72.9. The standard InChI is InChI=1S/C67H112O12/c1-4-7-10-13-16-19-22-25-28-30-33-35-38-41-44-47-50-53-59(68)75-56-58(77-60(69)54-51-48-45-42-39-36-32-27-24-21-18-15-12-9-6-3)57-76-67-65(63(72)62(71)64(79-67)66(73)74)78-61(70)55-52-49-46-43-40-37-34-31-29-26-23-20-17-14-11-8-5-2/h9,12,16,18-19,21,25,27-28,32,39,42,48,51,58,62-65,67,71-72H,4-8,10-11,13-15,17,20,22-24,26,29-31,33-38,40-41,43-47,49-50,52-57H2,1-3H3,(H,73,74)/b12-9-,19-16-,21-18-,28-25-,32-27-,42-39-,51-48-. The van der Waals surface area contributed by atoms with Crippen molar-refractivity contribution in [1.82, 2.24) is 0 Å². The number of rotatable bonds is 53. The van der Waals surface area contributed by atoms with Crippen molar-refractivity contribution in [2.24, 2.45) is 0 Å². The summed E-state index contributed by atoms with van der Waals surface area (Å²) in [5.41, 5.74) is 0. The molecule has 6 unspecified atom stereocenters. The topological polar surface area (TPSA) is 175 Å². The molecule has 0 amide bonds. The van der Waals surface area contributed by atoms with Crippen LogP contribution in [0.15, 0.2) is 85.1 Å². The smallest absolute Gasteiger partial charge is 0.335 e. The van der Waals surface area contributed by atoms with Crippen LogP contribution in [-0.4, -0.2) is 89.2 Å². The number of carbonyl (C=O) groups excluding carboxylic acids is 3. The number of carbonyl (C=O) groups is 4. The number of aliphatic carboxylic acids is 1. The summed E-state index contributed by atoms with van der Waals surface area (Å²) in [6.07, 6.45) is 58.6. The van der Waals surface area contributed by atoms with Gasteiger partial charge in [0.2, 0.25) is 0 Å². The van der Waals surface area contributed by atoms with Crippen LogP contribution in [0.1, 0.15) is 265 Å². The number of aliphatic hydroxyl groups excluding tert-OH is 2. The van der Waals surface area contributed by atoms with Crippen LogP contribution in [0, 0.1) is 0 Å². The summed E-state index contributed by atoms with van der Waals surface area (Å²) in [5.74, 6) is -3.29. The molecule has 0 aromatic heterocycles. The molecular formula is C67H112O12. The molecule has 1 aliphatic heterocycles. The number of allylic oxidation sites excluding steroid dienone is 13. The Balaban J connectivity index is 2.71. The third kappa shape index (κ3) is 44.3. The monoisotopic (exact) mass is 1110 g/mol. The van der Waals surface area contributed by atoms with Crippen molar-refractivity contribution in [2.75, 3.05) is 13.2 Å². The number of aliphatic hydroxyl groups is 2. The number of carboxylic acid groups (broad SMARTS) is 1. The highest BCUT2D eigenvalue weighted by Gasteiger charge is 2.50. The van der Waals surface area contributed by atoms with Gasteiger partial charge in [-0.05, 0) is 77.0 Å². The third-order valence-electron chi connectivity index (χ3n) is 14.0. The molecule has 0 bridgehead atoms. The average Bonchev–Trinajstić information content (AvgIpc) is 3.46. The molecule has 3 N–H and O–H groups in total. The van der Waals surface area contributed by atoms with E-state index in [4.69, 9.17) is 23.7 Å². The van der Waals surface area contributed by atoms with Crippen molar-refractivity contribution in [1.29, 1.82) is 0 Å². The quantitative estimate of drug-likeness (QED) is 0.0228. The van der Waals surface area contributed by atoms with Gasteiger partial charge in [-0.1, -0.05) is 254 Å². The molecule has 1 aliphatic rings. The molecule has 0 saturated carbocycles. The van der Waals surface area contributed by atoms with Crippen LogP contribution in [0.4, 0.5) is 0 Å². The molecule has 1 heterocycles. The molecule has 1 rings (SSSR count). The largest absolute Gasteiger partial charge is 0.479 e. The summed E-state index contributed by atoms with van der Waals surface area (Å²) in [7, 11) is 0. The zero-order valence-corrected chi connectivity index (χ0v) is 49.8. The van der Waals surface area contributed by atoms with E-state index in [2.05, 4.69) is 87.6 Å². The second-order valence-corrected chi connectivity index (χ2v) is 21.3. The van der Waals surface area contributed by atoms with Crippen molar-refractivity contribution >= 4 is 23.9 Å². The zero-order valence-electron chi connectivity index (χ0n) is 49.8. The molecule has 6 atom stereocenters. The van der Waals surface area contributed by atoms with Gasteiger partial charge in [0.05, 0.1) is 13.0 Å². The number of hydrogen-bond donors (Lipinski definition) is 3. The van der Waals surface area contributed by atoms with Gasteiger partial charge in [0.1, 0.15) is 18.8 Å². The molecule has 0 aromatic carbocycles. The first-order valence-electron chi connectivity index (χ1n) is 31.6. The summed E-state index contributed by atoms with van der Waals surface area (Å²) in [5, 5.41) is 31.5. The molecule has 12 nitrogen and oxygen atoms in total. The van der Waals surface area contributed by atoms with Crippen molar-refractivity contribution in [3.8, 4) is 0 Å². The fourth-order valence-corrected chi connectivity index (χ4v) is 9.18. The predicted octanol–water partition coefficient (Wildman–Crippen LogP) is 16.7. The fraction of sp³-hybridized carbons (Fsp3) is 0.731.